The SMILES string of the molecule is C=CCN(C(=O)[C@H]1[C@@H]2SC3(CC2Br)C(C(=O)N(CC=C)c2c(C)cccc2C)N([C@@H](CO)C(C)C)C(=O)[C@H]13)c1ccc(OCC)cc1. The van der Waals surface area contributed by atoms with Crippen LogP contribution in [0.4, 0.5) is 11.4 Å². The van der Waals surface area contributed by atoms with Crippen LogP contribution in [-0.4, -0.2) is 80.9 Å². The zero-order valence-electron chi connectivity index (χ0n) is 27.9. The number of hydrogen-bond acceptors (Lipinski definition) is 6. The topological polar surface area (TPSA) is 90.4 Å². The summed E-state index contributed by atoms with van der Waals surface area (Å²) in [5, 5.41) is 10.5. The monoisotopic (exact) mass is 723 g/mol. The summed E-state index contributed by atoms with van der Waals surface area (Å²) >= 11 is 5.49. The number of para-hydroxylation sites is 1. The predicted molar refractivity (Wildman–Crippen MR) is 193 cm³/mol. The fourth-order valence-electron chi connectivity index (χ4n) is 7.93. The number of halogens is 1. The van der Waals surface area contributed by atoms with Crippen molar-refractivity contribution in [2.45, 2.75) is 67.9 Å². The van der Waals surface area contributed by atoms with Gasteiger partial charge < -0.3 is 24.5 Å². The van der Waals surface area contributed by atoms with Gasteiger partial charge in [0.25, 0.3) is 5.91 Å². The number of carbonyl (C=O) groups is 3. The highest BCUT2D eigenvalue weighted by Gasteiger charge is 2.76. The van der Waals surface area contributed by atoms with E-state index in [1.807, 2.05) is 77.1 Å². The average molecular weight is 725 g/mol. The van der Waals surface area contributed by atoms with Gasteiger partial charge in [-0.1, -0.05) is 60.1 Å². The number of anilines is 2. The summed E-state index contributed by atoms with van der Waals surface area (Å²) < 4.78 is 4.75. The van der Waals surface area contributed by atoms with Gasteiger partial charge in [0.05, 0.1) is 35.8 Å². The van der Waals surface area contributed by atoms with Crippen molar-refractivity contribution in [2.75, 3.05) is 36.1 Å². The molecule has 3 amide bonds. The summed E-state index contributed by atoms with van der Waals surface area (Å²) in [4.78, 5) is 49.8. The van der Waals surface area contributed by atoms with E-state index in [4.69, 9.17) is 4.74 Å². The zero-order chi connectivity index (χ0) is 34.2. The van der Waals surface area contributed by atoms with Crippen LogP contribution in [0, 0.1) is 31.6 Å². The van der Waals surface area contributed by atoms with Crippen LogP contribution < -0.4 is 14.5 Å². The van der Waals surface area contributed by atoms with Gasteiger partial charge in [0.15, 0.2) is 0 Å². The molecule has 252 valence electrons. The maximum atomic E-state index is 15.1. The summed E-state index contributed by atoms with van der Waals surface area (Å²) in [5.41, 5.74) is 3.36. The Kier molecular flexibility index (Phi) is 10.6. The van der Waals surface area contributed by atoms with Crippen molar-refractivity contribution in [3.63, 3.8) is 0 Å². The standard InChI is InChI=1S/C37H46BrN3O5S/c1-8-18-39(25-14-16-26(17-15-25)46-10-3)34(43)29-30-35(44)41(28(21-42)22(4)5)33(37(30)20-27(38)32(29)47-37)36(45)40(19-9-2)31-23(6)12-11-13-24(31)7/h8-9,11-17,22,27-30,32-33,42H,1-2,10,18-21H2,3-7H3/t27?,28-,29+,30-,32+,33?,37?/m0/s1. The number of aryl methyl sites for hydroxylation is 2. The van der Waals surface area contributed by atoms with Crippen molar-refractivity contribution in [1.82, 2.24) is 4.90 Å². The number of alkyl halides is 1. The normalized spacial score (nSPS) is 26.7. The van der Waals surface area contributed by atoms with Crippen LogP contribution in [-0.2, 0) is 14.4 Å². The summed E-state index contributed by atoms with van der Waals surface area (Å²) in [6, 6.07) is 11.8. The molecule has 0 aliphatic carbocycles. The van der Waals surface area contributed by atoms with Gasteiger partial charge in [-0.25, -0.2) is 0 Å². The second-order valence-corrected chi connectivity index (χ2v) is 15.8. The number of fused-ring (bicyclic) bond motifs is 1. The number of carbonyl (C=O) groups excluding carboxylic acids is 3. The molecule has 10 heteroatoms. The maximum absolute atomic E-state index is 15.1. The number of amides is 3. The number of likely N-dealkylation sites (tertiary alicyclic amines) is 1. The van der Waals surface area contributed by atoms with E-state index >= 15 is 4.79 Å². The van der Waals surface area contributed by atoms with Gasteiger partial charge in [0.2, 0.25) is 11.8 Å². The highest BCUT2D eigenvalue weighted by molar-refractivity contribution is 9.09. The molecule has 1 N–H and O–H groups in total. The molecule has 47 heavy (non-hydrogen) atoms. The van der Waals surface area contributed by atoms with Crippen LogP contribution >= 0.6 is 27.7 Å². The molecule has 3 saturated heterocycles. The molecule has 2 aromatic carbocycles. The van der Waals surface area contributed by atoms with E-state index in [1.54, 1.807) is 38.6 Å². The number of nitrogens with zero attached hydrogens (tertiary/aromatic N) is 3. The van der Waals surface area contributed by atoms with Crippen molar-refractivity contribution < 1.29 is 24.2 Å². The van der Waals surface area contributed by atoms with E-state index in [0.29, 0.717) is 24.5 Å². The Morgan fingerprint density at radius 3 is 2.26 bits per heavy atom. The average Bonchev–Trinajstić information content (AvgIpc) is 3.63. The van der Waals surface area contributed by atoms with Gasteiger partial charge >= 0.3 is 0 Å². The summed E-state index contributed by atoms with van der Waals surface area (Å²) in [5.74, 6) is -1.47. The summed E-state index contributed by atoms with van der Waals surface area (Å²) in [7, 11) is 0. The number of ether oxygens (including phenoxy) is 1. The first-order valence-corrected chi connectivity index (χ1v) is 18.1. The molecule has 2 bridgehead atoms. The molecule has 3 unspecified atom stereocenters. The first-order valence-electron chi connectivity index (χ1n) is 16.4. The minimum atomic E-state index is -0.885. The van der Waals surface area contributed by atoms with Crippen LogP contribution in [0.15, 0.2) is 67.8 Å². The molecule has 2 aromatic rings. The van der Waals surface area contributed by atoms with Crippen molar-refractivity contribution in [3.8, 4) is 5.75 Å². The third-order valence-corrected chi connectivity index (χ3v) is 13.1. The first-order chi connectivity index (χ1) is 22.5. The summed E-state index contributed by atoms with van der Waals surface area (Å²) in [6.45, 7) is 18.4. The number of hydrogen-bond donors (Lipinski definition) is 1. The lowest BCUT2D eigenvalue weighted by Crippen LogP contribution is -2.59. The Balaban J connectivity index is 1.63. The third kappa shape index (κ3) is 5.95. The quantitative estimate of drug-likeness (QED) is 0.204. The number of thioether (sulfide) groups is 1. The van der Waals surface area contributed by atoms with E-state index < -0.39 is 28.7 Å². The van der Waals surface area contributed by atoms with E-state index in [2.05, 4.69) is 29.1 Å². The number of aliphatic hydroxyl groups excluding tert-OH is 1. The van der Waals surface area contributed by atoms with Gasteiger partial charge in [-0.05, 0) is 68.5 Å². The third-order valence-electron chi connectivity index (χ3n) is 9.88. The van der Waals surface area contributed by atoms with Crippen molar-refractivity contribution >= 4 is 56.8 Å². The van der Waals surface area contributed by atoms with Crippen LogP contribution in [0.1, 0.15) is 38.3 Å². The smallest absolute Gasteiger partial charge is 0.251 e. The number of aliphatic hydroxyl groups is 1. The maximum Gasteiger partial charge on any atom is 0.251 e. The van der Waals surface area contributed by atoms with Crippen molar-refractivity contribution in [3.05, 3.63) is 78.9 Å². The molecule has 3 aliphatic heterocycles. The minimum Gasteiger partial charge on any atom is -0.494 e. The van der Waals surface area contributed by atoms with Crippen molar-refractivity contribution in [2.24, 2.45) is 17.8 Å². The van der Waals surface area contributed by atoms with Crippen LogP contribution in [0.5, 0.6) is 5.75 Å². The van der Waals surface area contributed by atoms with E-state index in [1.165, 1.54) is 0 Å². The Bertz CT molecular complexity index is 1510. The fraction of sp³-hybridized carbons (Fsp3) is 0.486. The Morgan fingerprint density at radius 1 is 1.09 bits per heavy atom. The molecule has 0 radical (unpaired) electrons. The number of rotatable bonds is 13. The highest BCUT2D eigenvalue weighted by Crippen LogP contribution is 2.68. The second-order valence-electron chi connectivity index (χ2n) is 13.0. The van der Waals surface area contributed by atoms with E-state index in [0.717, 1.165) is 16.8 Å². The lowest BCUT2D eigenvalue weighted by Gasteiger charge is -2.41. The zero-order valence-corrected chi connectivity index (χ0v) is 30.3. The second kappa shape index (κ2) is 14.2. The lowest BCUT2D eigenvalue weighted by molar-refractivity contribution is -0.142. The molecule has 3 fully saturated rings. The number of benzene rings is 2. The van der Waals surface area contributed by atoms with Gasteiger partial charge in [-0.15, -0.1) is 24.9 Å². The molecular formula is C37H46BrN3O5S. The van der Waals surface area contributed by atoms with Crippen LogP contribution in [0.3, 0.4) is 0 Å². The van der Waals surface area contributed by atoms with Gasteiger partial charge in [-0.2, -0.15) is 0 Å². The largest absolute Gasteiger partial charge is 0.494 e. The Morgan fingerprint density at radius 2 is 1.70 bits per heavy atom. The molecule has 5 rings (SSSR count). The Hall–Kier alpha value is -3.08. The molecule has 8 nitrogen and oxygen atoms in total. The van der Waals surface area contributed by atoms with Crippen molar-refractivity contribution in [1.29, 1.82) is 0 Å². The lowest BCUT2D eigenvalue weighted by atomic mass is 9.70. The molecule has 0 saturated carbocycles. The molecule has 1 spiro atoms. The van der Waals surface area contributed by atoms with E-state index in [-0.39, 0.29) is 53.4 Å². The molecule has 3 heterocycles. The predicted octanol–water partition coefficient (Wildman–Crippen LogP) is 5.92. The highest BCUT2D eigenvalue weighted by atomic mass is 79.9. The van der Waals surface area contributed by atoms with Gasteiger partial charge in [-0.3, -0.25) is 14.4 Å². The first kappa shape index (κ1) is 35.2. The molecular weight excluding hydrogens is 678 g/mol. The molecule has 0 aromatic heterocycles. The van der Waals surface area contributed by atoms with Gasteiger partial charge in [0, 0.05) is 34.5 Å². The van der Waals surface area contributed by atoms with Crippen LogP contribution in [0.2, 0.25) is 0 Å². The molecule has 3 aliphatic rings. The summed E-state index contributed by atoms with van der Waals surface area (Å²) in [6.07, 6.45) is 3.93. The minimum absolute atomic E-state index is 0.0914. The van der Waals surface area contributed by atoms with Crippen LogP contribution in [0.25, 0.3) is 0 Å². The Labute approximate surface area is 291 Å². The fourth-order valence-corrected chi connectivity index (χ4v) is 11.5. The van der Waals surface area contributed by atoms with E-state index in [9.17, 15) is 14.7 Å². The molecule has 7 atom stereocenters. The van der Waals surface area contributed by atoms with Gasteiger partial charge in [0.1, 0.15) is 11.8 Å².